The average molecular weight is 452 g/mol. The summed E-state index contributed by atoms with van der Waals surface area (Å²) in [5, 5.41) is 2.81. The van der Waals surface area contributed by atoms with Crippen molar-refractivity contribution in [1.29, 1.82) is 0 Å². The fraction of sp³-hybridized carbons (Fsp3) is 0. The molecule has 0 amide bonds. The van der Waals surface area contributed by atoms with E-state index in [-0.39, 0.29) is 0 Å². The topological polar surface area (TPSA) is 0 Å². The van der Waals surface area contributed by atoms with Gasteiger partial charge >= 0.3 is 0 Å². The van der Waals surface area contributed by atoms with E-state index in [0.29, 0.717) is 0 Å². The Labute approximate surface area is 80.4 Å². The van der Waals surface area contributed by atoms with E-state index in [0.717, 1.165) is 0 Å². The van der Waals surface area contributed by atoms with E-state index in [1.165, 1.54) is 31.5 Å². The quantitative estimate of drug-likeness (QED) is 0.456. The SMILES string of the molecule is [Rf].c1ccc2c(c1)[sH+]c1ccccc12. The number of fused-ring (bicyclic) bond motifs is 3. The summed E-state index contributed by atoms with van der Waals surface area (Å²) in [6.07, 6.45) is 0. The van der Waals surface area contributed by atoms with Crippen LogP contribution in [0.25, 0.3) is 20.2 Å². The first kappa shape index (κ1) is 8.27. The predicted octanol–water partition coefficient (Wildman–Crippen LogP) is 3.79. The Kier molecular flexibility index (Phi) is 1.69. The van der Waals surface area contributed by atoms with Crippen molar-refractivity contribution in [2.75, 3.05) is 0 Å². The molecule has 2 heteroatoms. The zero-order chi connectivity index (χ0) is 8.67. The van der Waals surface area contributed by atoms with Gasteiger partial charge in [0, 0.05) is 10.8 Å². The molecule has 64 valence electrons. The molecule has 0 N–H and O–H groups in total. The Hall–Kier alpha value is -2.34. The molecule has 0 radical (unpaired) electrons. The minimum atomic E-state index is 0. The summed E-state index contributed by atoms with van der Waals surface area (Å²) in [6, 6.07) is 17.2. The molecular formula is C12H9RfS+. The van der Waals surface area contributed by atoms with E-state index >= 15 is 0 Å². The number of rotatable bonds is 0. The van der Waals surface area contributed by atoms with Gasteiger partial charge in [-0.1, -0.05) is 24.3 Å². The standard InChI is InChI=1S/C12H8S.Rf/c1-3-7-11-9(5-1)10-6-2-4-8-12(10)13-11;/h1-8H;/p+1. The van der Waals surface area contributed by atoms with Crippen molar-refractivity contribution in [2.45, 2.75) is 0 Å². The molecule has 0 unspecified atom stereocenters. The molecule has 2 aromatic carbocycles. The summed E-state index contributed by atoms with van der Waals surface area (Å²) >= 11 is 1.36. The molecule has 14 heavy (non-hydrogen) atoms. The van der Waals surface area contributed by atoms with Crippen LogP contribution < -0.4 is 0 Å². The van der Waals surface area contributed by atoms with E-state index < -0.39 is 0 Å². The molecule has 0 aliphatic carbocycles. The molecule has 0 fully saturated rings. The van der Waals surface area contributed by atoms with Gasteiger partial charge in [0.2, 0.25) is 0 Å². The van der Waals surface area contributed by atoms with Crippen molar-refractivity contribution in [1.82, 2.24) is 0 Å². The maximum Gasteiger partial charge on any atom is 0.179 e. The molecule has 0 atom stereocenters. The van der Waals surface area contributed by atoms with Crippen molar-refractivity contribution >= 4 is 31.5 Å². The Morgan fingerprint density at radius 3 is 1.57 bits per heavy atom. The van der Waals surface area contributed by atoms with E-state index in [2.05, 4.69) is 48.5 Å². The maximum absolute atomic E-state index is 2.21. The molecule has 3 rings (SSSR count). The summed E-state index contributed by atoms with van der Waals surface area (Å²) in [5.74, 6) is 0. The van der Waals surface area contributed by atoms with E-state index in [4.69, 9.17) is 0 Å². The van der Waals surface area contributed by atoms with Crippen molar-refractivity contribution in [2.24, 2.45) is 0 Å². The average Bonchev–Trinajstić information content (AvgIpc) is 2.56. The van der Waals surface area contributed by atoms with Crippen LogP contribution in [-0.4, -0.2) is 0 Å². The van der Waals surface area contributed by atoms with Crippen molar-refractivity contribution in [3.8, 4) is 0 Å². The third kappa shape index (κ3) is 0.947. The van der Waals surface area contributed by atoms with Crippen LogP contribution in [0.4, 0.5) is 0 Å². The van der Waals surface area contributed by atoms with Gasteiger partial charge in [0.25, 0.3) is 0 Å². The van der Waals surface area contributed by atoms with Crippen LogP contribution in [-0.2, 0) is 0 Å². The predicted molar refractivity (Wildman–Crippen MR) is 60.7 cm³/mol. The van der Waals surface area contributed by atoms with E-state index in [1.807, 2.05) is 0 Å². The first-order valence-electron chi connectivity index (χ1n) is 4.35. The van der Waals surface area contributed by atoms with Crippen LogP contribution in [0.5, 0.6) is 0 Å². The van der Waals surface area contributed by atoms with Gasteiger partial charge in [0.15, 0.2) is 9.40 Å². The Morgan fingerprint density at radius 2 is 1.07 bits per heavy atom. The Morgan fingerprint density at radius 1 is 0.643 bits per heavy atom. The van der Waals surface area contributed by atoms with Crippen LogP contribution in [0.2, 0.25) is 0 Å². The zero-order valence-corrected chi connectivity index (χ0v) is 15.1. The van der Waals surface area contributed by atoms with Crippen molar-refractivity contribution < 1.29 is 0 Å². The molecule has 0 aliphatic rings. The van der Waals surface area contributed by atoms with Crippen LogP contribution in [0.3, 0.4) is 0 Å². The summed E-state index contributed by atoms with van der Waals surface area (Å²) in [4.78, 5) is 0. The second kappa shape index (κ2) is 2.86. The second-order valence-electron chi connectivity index (χ2n) is 3.15. The van der Waals surface area contributed by atoms with Gasteiger partial charge in [0.05, 0.1) is 0 Å². The van der Waals surface area contributed by atoms with Gasteiger partial charge in [-0.25, -0.2) is 0 Å². The summed E-state index contributed by atoms with van der Waals surface area (Å²) in [5.41, 5.74) is 0. The third-order valence-corrected chi connectivity index (χ3v) is 3.60. The van der Waals surface area contributed by atoms with Gasteiger partial charge < -0.3 is 0 Å². The Bertz CT molecular complexity index is 518. The normalized spacial score (nSPS) is 10.3. The van der Waals surface area contributed by atoms with Crippen LogP contribution in [0.1, 0.15) is 0 Å². The first-order chi connectivity index (χ1) is 6.45. The van der Waals surface area contributed by atoms with Crippen LogP contribution in [0, 0.1) is 0 Å². The molecule has 1 heterocycles. The summed E-state index contributed by atoms with van der Waals surface area (Å²) in [6.45, 7) is 0. The van der Waals surface area contributed by atoms with Gasteiger partial charge in [-0.3, -0.25) is 0 Å². The fourth-order valence-electron chi connectivity index (χ4n) is 1.73. The van der Waals surface area contributed by atoms with Gasteiger partial charge in [0.1, 0.15) is 0 Å². The second-order valence-corrected chi connectivity index (χ2v) is 4.33. The number of benzene rings is 2. The number of thiophene rings is 1. The largest absolute Gasteiger partial charge is 0.179 e. The summed E-state index contributed by atoms with van der Waals surface area (Å²) in [7, 11) is 0. The molecule has 0 nitrogen and oxygen atoms in total. The molecular weight excluding hydrogens is 443 g/mol. The molecule has 1 aromatic heterocycles. The number of hydrogen-bond acceptors (Lipinski definition) is 0. The Balaban J connectivity index is 0.000000750. The fourth-order valence-corrected chi connectivity index (χ4v) is 2.94. The van der Waals surface area contributed by atoms with Crippen molar-refractivity contribution in [3.05, 3.63) is 48.5 Å². The maximum atomic E-state index is 2.21. The minimum Gasteiger partial charge on any atom is -0.0612 e. The van der Waals surface area contributed by atoms with Crippen LogP contribution in [0.15, 0.2) is 48.5 Å². The molecule has 3 aromatic rings. The monoisotopic (exact) mass is 452 g/mol. The van der Waals surface area contributed by atoms with E-state index in [9.17, 15) is 0 Å². The molecule has 0 bridgehead atoms. The summed E-state index contributed by atoms with van der Waals surface area (Å²) < 4.78 is 2.87. The molecule has 0 saturated carbocycles. The molecule has 0 aliphatic heterocycles. The van der Waals surface area contributed by atoms with Crippen LogP contribution >= 0.6 is 11.3 Å². The minimum absolute atomic E-state index is 0. The van der Waals surface area contributed by atoms with Gasteiger partial charge in [-0.15, -0.1) is 0 Å². The molecule has 0 saturated heterocycles. The van der Waals surface area contributed by atoms with Crippen molar-refractivity contribution in [3.63, 3.8) is 0 Å². The van der Waals surface area contributed by atoms with E-state index in [1.54, 1.807) is 0 Å². The van der Waals surface area contributed by atoms with Gasteiger partial charge in [-0.2, -0.15) is 0 Å². The third-order valence-electron chi connectivity index (χ3n) is 2.34. The first-order valence-corrected chi connectivity index (χ1v) is 5.25. The smallest absolute Gasteiger partial charge is 0.0612 e. The zero-order valence-electron chi connectivity index (χ0n) is 7.77. The number of hydrogen-bond donors (Lipinski definition) is 0. The van der Waals surface area contributed by atoms with Gasteiger partial charge in [-0.05, 0) is 35.6 Å². The molecule has 0 spiro atoms.